The minimum Gasteiger partial charge on any atom is -0.478 e. The number of rotatable bonds is 3. The fraction of sp³-hybridized carbons (Fsp3) is 0.611. The lowest BCUT2D eigenvalue weighted by molar-refractivity contribution is 0.0164. The molecule has 1 amide bonds. The molecule has 2 atom stereocenters. The highest BCUT2D eigenvalue weighted by Crippen LogP contribution is 2.28. The van der Waals surface area contributed by atoms with Crippen molar-refractivity contribution in [1.82, 2.24) is 9.88 Å². The lowest BCUT2D eigenvalue weighted by Crippen LogP contribution is -2.49. The number of carboxylic acids is 1. The Balaban J connectivity index is 2.04. The predicted octanol–water partition coefficient (Wildman–Crippen LogP) is 3.91. The summed E-state index contributed by atoms with van der Waals surface area (Å²) in [6.45, 7) is 10.5. The molecule has 2 N–H and O–H groups in total. The summed E-state index contributed by atoms with van der Waals surface area (Å²) >= 11 is 3.39. The molecule has 0 saturated carbocycles. The van der Waals surface area contributed by atoms with E-state index in [1.54, 1.807) is 17.9 Å². The molecule has 2 heterocycles. The lowest BCUT2D eigenvalue weighted by atomic mass is 9.94. The van der Waals surface area contributed by atoms with Crippen molar-refractivity contribution in [3.8, 4) is 0 Å². The summed E-state index contributed by atoms with van der Waals surface area (Å²) < 4.78 is 6.05. The van der Waals surface area contributed by atoms with Crippen LogP contribution in [0.2, 0.25) is 0 Å². The van der Waals surface area contributed by atoms with Crippen LogP contribution in [0.25, 0.3) is 0 Å². The normalized spacial score (nSPS) is 20.6. The third-order valence-corrected chi connectivity index (χ3v) is 4.88. The summed E-state index contributed by atoms with van der Waals surface area (Å²) in [6, 6.07) is 1.69. The number of nitrogens with zero attached hydrogens (tertiary/aromatic N) is 2. The number of aromatic carboxylic acids is 1. The zero-order valence-electron chi connectivity index (χ0n) is 15.8. The average molecular weight is 428 g/mol. The van der Waals surface area contributed by atoms with Crippen LogP contribution in [0, 0.1) is 12.8 Å². The summed E-state index contributed by atoms with van der Waals surface area (Å²) in [5.74, 6) is -0.180. The van der Waals surface area contributed by atoms with E-state index in [4.69, 9.17) is 4.74 Å². The Labute approximate surface area is 162 Å². The molecule has 2 rings (SSSR count). The number of amides is 1. The van der Waals surface area contributed by atoms with E-state index < -0.39 is 11.6 Å². The van der Waals surface area contributed by atoms with Gasteiger partial charge in [-0.15, -0.1) is 0 Å². The Hall–Kier alpha value is -1.83. The van der Waals surface area contributed by atoms with Crippen LogP contribution in [0.5, 0.6) is 0 Å². The first-order valence-corrected chi connectivity index (χ1v) is 9.42. The van der Waals surface area contributed by atoms with E-state index in [1.807, 2.05) is 20.8 Å². The van der Waals surface area contributed by atoms with Crippen LogP contribution >= 0.6 is 15.9 Å². The molecule has 1 fully saturated rings. The van der Waals surface area contributed by atoms with Gasteiger partial charge in [0.25, 0.3) is 0 Å². The van der Waals surface area contributed by atoms with Crippen molar-refractivity contribution in [1.29, 1.82) is 0 Å². The maximum absolute atomic E-state index is 12.2. The molecule has 1 aromatic rings. The third-order valence-electron chi connectivity index (χ3n) is 4.28. The summed E-state index contributed by atoms with van der Waals surface area (Å²) in [4.78, 5) is 29.5. The number of hydrogen-bond acceptors (Lipinski definition) is 5. The first-order chi connectivity index (χ1) is 12.0. The van der Waals surface area contributed by atoms with Gasteiger partial charge in [0.15, 0.2) is 0 Å². The van der Waals surface area contributed by atoms with E-state index in [9.17, 15) is 14.7 Å². The van der Waals surface area contributed by atoms with Gasteiger partial charge in [-0.3, -0.25) is 0 Å². The number of carbonyl (C=O) groups excluding carboxylic acids is 1. The zero-order chi connectivity index (χ0) is 19.6. The van der Waals surface area contributed by atoms with Gasteiger partial charge in [-0.1, -0.05) is 6.92 Å². The molecule has 1 saturated heterocycles. The number of anilines is 1. The number of likely N-dealkylation sites (tertiary alicyclic amines) is 1. The number of halogens is 1. The van der Waals surface area contributed by atoms with Gasteiger partial charge in [0.05, 0.1) is 15.7 Å². The number of aromatic nitrogens is 1. The Bertz CT molecular complexity index is 702. The summed E-state index contributed by atoms with van der Waals surface area (Å²) in [6.07, 6.45) is 0.470. The van der Waals surface area contributed by atoms with Gasteiger partial charge in [0, 0.05) is 19.1 Å². The Morgan fingerprint density at radius 2 is 2.08 bits per heavy atom. The van der Waals surface area contributed by atoms with Crippen LogP contribution in [-0.4, -0.2) is 51.8 Å². The van der Waals surface area contributed by atoms with Gasteiger partial charge < -0.3 is 20.1 Å². The third kappa shape index (κ3) is 5.09. The second-order valence-corrected chi connectivity index (χ2v) is 8.55. The topological polar surface area (TPSA) is 91.8 Å². The molecule has 0 aliphatic carbocycles. The van der Waals surface area contributed by atoms with Crippen LogP contribution in [0.3, 0.4) is 0 Å². The van der Waals surface area contributed by atoms with Crippen LogP contribution < -0.4 is 5.32 Å². The Morgan fingerprint density at radius 3 is 2.62 bits per heavy atom. The van der Waals surface area contributed by atoms with E-state index in [1.165, 1.54) is 0 Å². The summed E-state index contributed by atoms with van der Waals surface area (Å²) in [5.41, 5.74) is 0.130. The predicted molar refractivity (Wildman–Crippen MR) is 103 cm³/mol. The molecule has 2 unspecified atom stereocenters. The number of carboxylic acid groups (broad SMARTS) is 1. The highest BCUT2D eigenvalue weighted by Gasteiger charge is 2.31. The van der Waals surface area contributed by atoms with E-state index in [-0.39, 0.29) is 23.6 Å². The number of ether oxygens (including phenoxy) is 1. The number of hydrogen-bond donors (Lipinski definition) is 2. The molecule has 8 heteroatoms. The number of carbonyl (C=O) groups is 2. The lowest BCUT2D eigenvalue weighted by Gasteiger charge is -2.38. The van der Waals surface area contributed by atoms with Crippen molar-refractivity contribution in [2.75, 3.05) is 18.4 Å². The molecule has 26 heavy (non-hydrogen) atoms. The largest absolute Gasteiger partial charge is 0.478 e. The Kier molecular flexibility index (Phi) is 6.16. The van der Waals surface area contributed by atoms with Gasteiger partial charge in [-0.25, -0.2) is 14.6 Å². The van der Waals surface area contributed by atoms with Crippen LogP contribution in [0.4, 0.5) is 10.6 Å². The fourth-order valence-electron chi connectivity index (χ4n) is 2.93. The van der Waals surface area contributed by atoms with E-state index >= 15 is 0 Å². The highest BCUT2D eigenvalue weighted by molar-refractivity contribution is 9.10. The van der Waals surface area contributed by atoms with Gasteiger partial charge in [0.2, 0.25) is 0 Å². The van der Waals surface area contributed by atoms with Crippen LogP contribution in [0.1, 0.15) is 50.2 Å². The van der Waals surface area contributed by atoms with Crippen molar-refractivity contribution in [2.24, 2.45) is 5.92 Å². The van der Waals surface area contributed by atoms with Crippen LogP contribution in [-0.2, 0) is 4.74 Å². The van der Waals surface area contributed by atoms with Crippen molar-refractivity contribution in [2.45, 2.75) is 52.7 Å². The maximum atomic E-state index is 12.2. The average Bonchev–Trinajstić information content (AvgIpc) is 2.50. The Morgan fingerprint density at radius 1 is 1.42 bits per heavy atom. The van der Waals surface area contributed by atoms with E-state index in [0.717, 1.165) is 6.42 Å². The van der Waals surface area contributed by atoms with Crippen molar-refractivity contribution >= 4 is 33.8 Å². The second-order valence-electron chi connectivity index (χ2n) is 7.70. The quantitative estimate of drug-likeness (QED) is 0.759. The SMILES string of the molecule is Cc1nc(NC2CCN(C(=O)OC(C)(C)C)CC2C)c(Br)cc1C(=O)O. The fourth-order valence-corrected chi connectivity index (χ4v) is 3.36. The second kappa shape index (κ2) is 7.82. The minimum atomic E-state index is -0.999. The van der Waals surface area contributed by atoms with Crippen molar-refractivity contribution < 1.29 is 19.4 Å². The molecule has 144 valence electrons. The van der Waals surface area contributed by atoms with Gasteiger partial charge in [0.1, 0.15) is 11.4 Å². The first-order valence-electron chi connectivity index (χ1n) is 8.63. The number of nitrogens with one attached hydrogen (secondary N) is 1. The molecular weight excluding hydrogens is 402 g/mol. The molecule has 0 aromatic carbocycles. The molecule has 0 radical (unpaired) electrons. The summed E-state index contributed by atoms with van der Waals surface area (Å²) in [5, 5.41) is 12.6. The molecule has 1 aromatic heterocycles. The maximum Gasteiger partial charge on any atom is 0.410 e. The monoisotopic (exact) mass is 427 g/mol. The van der Waals surface area contributed by atoms with E-state index in [0.29, 0.717) is 29.1 Å². The highest BCUT2D eigenvalue weighted by atomic mass is 79.9. The smallest absolute Gasteiger partial charge is 0.410 e. The van der Waals surface area contributed by atoms with Gasteiger partial charge in [-0.2, -0.15) is 0 Å². The molecule has 7 nitrogen and oxygen atoms in total. The van der Waals surface area contributed by atoms with Crippen LogP contribution in [0.15, 0.2) is 10.5 Å². The molecule has 0 bridgehead atoms. The van der Waals surface area contributed by atoms with Gasteiger partial charge >= 0.3 is 12.1 Å². The molecule has 1 aliphatic heterocycles. The number of piperidine rings is 1. The summed E-state index contributed by atoms with van der Waals surface area (Å²) in [7, 11) is 0. The molecule has 1 aliphatic rings. The minimum absolute atomic E-state index is 0.132. The van der Waals surface area contributed by atoms with Crippen molar-refractivity contribution in [3.63, 3.8) is 0 Å². The number of aryl methyl sites for hydroxylation is 1. The first kappa shape index (κ1) is 20.5. The van der Waals surface area contributed by atoms with Gasteiger partial charge in [-0.05, 0) is 62.0 Å². The van der Waals surface area contributed by atoms with E-state index in [2.05, 4.69) is 33.2 Å². The van der Waals surface area contributed by atoms with Crippen molar-refractivity contribution in [3.05, 3.63) is 21.8 Å². The standard InChI is InChI=1S/C18H26BrN3O4/c1-10-9-22(17(25)26-18(3,4)5)7-6-14(10)21-15-13(19)8-12(16(23)24)11(2)20-15/h8,10,14H,6-7,9H2,1-5H3,(H,20,21)(H,23,24). The molecular formula is C18H26BrN3O4. The number of pyridine rings is 1. The molecule has 0 spiro atoms. The zero-order valence-corrected chi connectivity index (χ0v) is 17.4.